The highest BCUT2D eigenvalue weighted by molar-refractivity contribution is 5.94. The van der Waals surface area contributed by atoms with Crippen LogP contribution in [0.3, 0.4) is 0 Å². The molecule has 2 heterocycles. The van der Waals surface area contributed by atoms with Gasteiger partial charge in [0.15, 0.2) is 0 Å². The van der Waals surface area contributed by atoms with Crippen LogP contribution in [0, 0.1) is 18.8 Å². The lowest BCUT2D eigenvalue weighted by molar-refractivity contribution is -0.144. The summed E-state index contributed by atoms with van der Waals surface area (Å²) in [6.07, 6.45) is 1.56. The van der Waals surface area contributed by atoms with Crippen LogP contribution in [0.25, 0.3) is 0 Å². The van der Waals surface area contributed by atoms with Gasteiger partial charge in [0.2, 0.25) is 0 Å². The number of carbonyl (C=O) groups excluding carboxylic acids is 1. The Balaban J connectivity index is 1.94. The molecule has 1 N–H and O–H groups in total. The predicted molar refractivity (Wildman–Crippen MR) is 65.2 cm³/mol. The smallest absolute Gasteiger partial charge is 0.306 e. The van der Waals surface area contributed by atoms with Gasteiger partial charge in [0.25, 0.3) is 5.91 Å². The Labute approximate surface area is 105 Å². The normalized spacial score (nSPS) is 17.1. The van der Waals surface area contributed by atoms with Crippen LogP contribution < -0.4 is 0 Å². The molecule has 18 heavy (non-hydrogen) atoms. The van der Waals surface area contributed by atoms with E-state index in [1.54, 1.807) is 30.2 Å². The maximum Gasteiger partial charge on any atom is 0.306 e. The minimum Gasteiger partial charge on any atom is -0.481 e. The molecule has 0 bridgehead atoms. The molecule has 0 aromatic carbocycles. The third-order valence-electron chi connectivity index (χ3n) is 3.45. The number of hydrogen-bond donors (Lipinski definition) is 1. The summed E-state index contributed by atoms with van der Waals surface area (Å²) in [6.45, 7) is 4.57. The zero-order valence-corrected chi connectivity index (χ0v) is 10.5. The third-order valence-corrected chi connectivity index (χ3v) is 3.45. The van der Waals surface area contributed by atoms with Crippen molar-refractivity contribution in [2.45, 2.75) is 13.8 Å². The van der Waals surface area contributed by atoms with Crippen LogP contribution >= 0.6 is 0 Å². The lowest BCUT2D eigenvalue weighted by Gasteiger charge is -2.41. The number of aliphatic carboxylic acids is 1. The molecular formula is C13H16N2O3. The summed E-state index contributed by atoms with van der Waals surface area (Å²) in [5.41, 5.74) is 1.43. The monoisotopic (exact) mass is 248 g/mol. The number of aryl methyl sites for hydroxylation is 1. The fourth-order valence-corrected chi connectivity index (χ4v) is 1.97. The maximum atomic E-state index is 12.0. The highest BCUT2D eigenvalue weighted by Crippen LogP contribution is 2.25. The van der Waals surface area contributed by atoms with E-state index in [0.717, 1.165) is 5.69 Å². The van der Waals surface area contributed by atoms with Crippen molar-refractivity contribution in [2.75, 3.05) is 13.1 Å². The first-order valence-electron chi connectivity index (χ1n) is 5.93. The van der Waals surface area contributed by atoms with Crippen LogP contribution in [0.2, 0.25) is 0 Å². The number of carboxylic acid groups (broad SMARTS) is 1. The summed E-state index contributed by atoms with van der Waals surface area (Å²) in [5.74, 6) is -1.21. The molecule has 1 unspecified atom stereocenters. The highest BCUT2D eigenvalue weighted by Gasteiger charge is 2.37. The SMILES string of the molecule is Cc1ccc(C(=O)N2CC(C(C)C(=O)O)C2)cn1. The Morgan fingerprint density at radius 2 is 2.11 bits per heavy atom. The Morgan fingerprint density at radius 1 is 1.44 bits per heavy atom. The Kier molecular flexibility index (Phi) is 3.32. The number of amides is 1. The molecule has 1 aliphatic heterocycles. The van der Waals surface area contributed by atoms with Gasteiger partial charge in [-0.15, -0.1) is 0 Å². The molecule has 0 spiro atoms. The number of hydrogen-bond acceptors (Lipinski definition) is 3. The van der Waals surface area contributed by atoms with Gasteiger partial charge in [0, 0.05) is 30.9 Å². The van der Waals surface area contributed by atoms with E-state index < -0.39 is 11.9 Å². The van der Waals surface area contributed by atoms with Crippen molar-refractivity contribution in [3.8, 4) is 0 Å². The summed E-state index contributed by atoms with van der Waals surface area (Å²) in [7, 11) is 0. The zero-order chi connectivity index (χ0) is 13.3. The minimum absolute atomic E-state index is 0.0601. The predicted octanol–water partition coefficient (Wildman–Crippen LogP) is 1.18. The van der Waals surface area contributed by atoms with Crippen LogP contribution in [0.5, 0.6) is 0 Å². The van der Waals surface area contributed by atoms with Crippen molar-refractivity contribution in [1.82, 2.24) is 9.88 Å². The van der Waals surface area contributed by atoms with Crippen molar-refractivity contribution >= 4 is 11.9 Å². The Morgan fingerprint density at radius 3 is 2.61 bits per heavy atom. The van der Waals surface area contributed by atoms with E-state index >= 15 is 0 Å². The molecule has 1 aromatic heterocycles. The third kappa shape index (κ3) is 2.34. The number of likely N-dealkylation sites (tertiary alicyclic amines) is 1. The minimum atomic E-state index is -0.802. The van der Waals surface area contributed by atoms with Gasteiger partial charge in [-0.25, -0.2) is 0 Å². The highest BCUT2D eigenvalue weighted by atomic mass is 16.4. The number of pyridine rings is 1. The maximum absolute atomic E-state index is 12.0. The van der Waals surface area contributed by atoms with Gasteiger partial charge in [-0.2, -0.15) is 0 Å². The zero-order valence-electron chi connectivity index (χ0n) is 10.5. The number of carboxylic acids is 1. The molecule has 1 atom stereocenters. The summed E-state index contributed by atoms with van der Waals surface area (Å²) >= 11 is 0. The lowest BCUT2D eigenvalue weighted by Crippen LogP contribution is -2.53. The Bertz CT molecular complexity index is 464. The van der Waals surface area contributed by atoms with Gasteiger partial charge in [-0.3, -0.25) is 14.6 Å². The summed E-state index contributed by atoms with van der Waals surface area (Å²) in [5, 5.41) is 8.88. The van der Waals surface area contributed by atoms with Gasteiger partial charge in [0.05, 0.1) is 11.5 Å². The van der Waals surface area contributed by atoms with E-state index in [-0.39, 0.29) is 11.8 Å². The lowest BCUT2D eigenvalue weighted by atomic mass is 9.87. The van der Waals surface area contributed by atoms with Crippen LogP contribution in [0.4, 0.5) is 0 Å². The number of carbonyl (C=O) groups is 2. The first-order valence-corrected chi connectivity index (χ1v) is 5.93. The number of nitrogens with zero attached hydrogens (tertiary/aromatic N) is 2. The first-order chi connectivity index (χ1) is 8.49. The topological polar surface area (TPSA) is 70.5 Å². The second-order valence-electron chi connectivity index (χ2n) is 4.79. The second-order valence-corrected chi connectivity index (χ2v) is 4.79. The largest absolute Gasteiger partial charge is 0.481 e. The van der Waals surface area contributed by atoms with Crippen LogP contribution in [0.15, 0.2) is 18.3 Å². The average Bonchev–Trinajstić information content (AvgIpc) is 2.27. The standard InChI is InChI=1S/C13H16N2O3/c1-8-3-4-10(5-14-8)12(16)15-6-11(7-15)9(2)13(17)18/h3-5,9,11H,6-7H2,1-2H3,(H,17,18). The number of rotatable bonds is 3. The molecule has 2 rings (SSSR count). The summed E-state index contributed by atoms with van der Waals surface area (Å²) in [4.78, 5) is 28.6. The van der Waals surface area contributed by atoms with Crippen molar-refractivity contribution in [3.05, 3.63) is 29.6 Å². The van der Waals surface area contributed by atoms with Crippen LogP contribution in [0.1, 0.15) is 23.0 Å². The van der Waals surface area contributed by atoms with Gasteiger partial charge in [-0.05, 0) is 19.1 Å². The van der Waals surface area contributed by atoms with Crippen molar-refractivity contribution in [2.24, 2.45) is 11.8 Å². The first kappa shape index (κ1) is 12.5. The molecule has 0 radical (unpaired) electrons. The fraction of sp³-hybridized carbons (Fsp3) is 0.462. The summed E-state index contributed by atoms with van der Waals surface area (Å²) in [6, 6.07) is 3.54. The second kappa shape index (κ2) is 4.76. The molecule has 1 aliphatic rings. The van der Waals surface area contributed by atoms with Crippen molar-refractivity contribution in [3.63, 3.8) is 0 Å². The van der Waals surface area contributed by atoms with E-state index in [1.807, 2.05) is 6.92 Å². The van der Waals surface area contributed by atoms with E-state index in [9.17, 15) is 9.59 Å². The molecule has 1 amide bonds. The van der Waals surface area contributed by atoms with Gasteiger partial charge < -0.3 is 10.0 Å². The summed E-state index contributed by atoms with van der Waals surface area (Å²) < 4.78 is 0. The van der Waals surface area contributed by atoms with Gasteiger partial charge in [0.1, 0.15) is 0 Å². The van der Waals surface area contributed by atoms with E-state index in [1.165, 1.54) is 0 Å². The van der Waals surface area contributed by atoms with Crippen LogP contribution in [-0.2, 0) is 4.79 Å². The average molecular weight is 248 g/mol. The van der Waals surface area contributed by atoms with Gasteiger partial charge in [-0.1, -0.05) is 6.92 Å². The quantitative estimate of drug-likeness (QED) is 0.872. The molecule has 5 heteroatoms. The van der Waals surface area contributed by atoms with E-state index in [4.69, 9.17) is 5.11 Å². The molecule has 1 aromatic rings. The Hall–Kier alpha value is -1.91. The van der Waals surface area contributed by atoms with Crippen molar-refractivity contribution in [1.29, 1.82) is 0 Å². The molecule has 0 aliphatic carbocycles. The molecular weight excluding hydrogens is 232 g/mol. The van der Waals surface area contributed by atoms with Crippen LogP contribution in [-0.4, -0.2) is 40.0 Å². The molecule has 5 nitrogen and oxygen atoms in total. The molecule has 1 saturated heterocycles. The van der Waals surface area contributed by atoms with Crippen molar-refractivity contribution < 1.29 is 14.7 Å². The molecule has 0 saturated carbocycles. The van der Waals surface area contributed by atoms with Gasteiger partial charge >= 0.3 is 5.97 Å². The van der Waals surface area contributed by atoms with E-state index in [0.29, 0.717) is 18.7 Å². The molecule has 96 valence electrons. The number of aromatic nitrogens is 1. The van der Waals surface area contributed by atoms with E-state index in [2.05, 4.69) is 4.98 Å². The fourth-order valence-electron chi connectivity index (χ4n) is 1.97. The molecule has 1 fully saturated rings.